The molecule has 0 atom stereocenters. The Morgan fingerprint density at radius 2 is 1.52 bits per heavy atom. The van der Waals surface area contributed by atoms with Crippen LogP contribution in [0, 0.1) is 0 Å². The molecule has 0 rings (SSSR count). The summed E-state index contributed by atoms with van der Waals surface area (Å²) in [6, 6.07) is 0. The van der Waals surface area contributed by atoms with Gasteiger partial charge in [-0.05, 0) is 44.6 Å². The van der Waals surface area contributed by atoms with Crippen LogP contribution in [0.1, 0.15) is 64.7 Å². The van der Waals surface area contributed by atoms with Crippen LogP contribution in [0.15, 0.2) is 48.6 Å². The largest absolute Gasteiger partial charge is 0.550 e. The lowest BCUT2D eigenvalue weighted by molar-refractivity contribution is -0.305. The normalized spacial score (nSPS) is 12.2. The van der Waals surface area contributed by atoms with E-state index >= 15 is 0 Å². The van der Waals surface area contributed by atoms with Crippen molar-refractivity contribution in [3.05, 3.63) is 48.6 Å². The number of carbonyl (C=O) groups excluding carboxylic acids is 2. The van der Waals surface area contributed by atoms with Crippen LogP contribution in [-0.2, 0) is 9.59 Å². The van der Waals surface area contributed by atoms with Crippen molar-refractivity contribution >= 4 is 11.8 Å². The van der Waals surface area contributed by atoms with Crippen LogP contribution < -0.4 is 5.11 Å². The lowest BCUT2D eigenvalue weighted by Gasteiger charge is -1.97. The molecule has 0 N–H and O–H groups in total. The summed E-state index contributed by atoms with van der Waals surface area (Å²) in [7, 11) is 0. The lowest BCUT2D eigenvalue weighted by atomic mass is 10.1. The molecule has 0 saturated carbocycles. The number of carboxylic acids is 1. The van der Waals surface area contributed by atoms with Crippen molar-refractivity contribution in [2.45, 2.75) is 64.7 Å². The van der Waals surface area contributed by atoms with E-state index in [1.54, 1.807) is 12.2 Å². The van der Waals surface area contributed by atoms with Gasteiger partial charge in [-0.2, -0.15) is 0 Å². The van der Waals surface area contributed by atoms with E-state index in [9.17, 15) is 14.7 Å². The van der Waals surface area contributed by atoms with Gasteiger partial charge in [0.2, 0.25) is 0 Å². The molecule has 0 amide bonds. The Balaban J connectivity index is 3.59. The minimum Gasteiger partial charge on any atom is -0.550 e. The van der Waals surface area contributed by atoms with Gasteiger partial charge in [0.05, 0.1) is 0 Å². The van der Waals surface area contributed by atoms with E-state index in [1.807, 2.05) is 24.3 Å². The molecule has 0 aromatic carbocycles. The minimum atomic E-state index is -0.984. The second kappa shape index (κ2) is 16.5. The molecule has 23 heavy (non-hydrogen) atoms. The number of carboxylic acid groups (broad SMARTS) is 1. The van der Waals surface area contributed by atoms with Crippen molar-refractivity contribution in [2.75, 3.05) is 0 Å². The minimum absolute atomic E-state index is 0.125. The number of hydrogen-bond acceptors (Lipinski definition) is 3. The maximum absolute atomic E-state index is 11.5. The van der Waals surface area contributed by atoms with Crippen molar-refractivity contribution in [1.82, 2.24) is 0 Å². The number of allylic oxidation sites excluding steroid dienone is 8. The molecule has 0 unspecified atom stereocenters. The number of hydrogen-bond donors (Lipinski definition) is 0. The van der Waals surface area contributed by atoms with Crippen molar-refractivity contribution in [3.63, 3.8) is 0 Å². The zero-order chi connectivity index (χ0) is 17.2. The zero-order valence-electron chi connectivity index (χ0n) is 14.2. The van der Waals surface area contributed by atoms with Crippen LogP contribution in [0.2, 0.25) is 0 Å². The van der Waals surface area contributed by atoms with Crippen LogP contribution >= 0.6 is 0 Å². The molecular formula is C20H29O3-. The molecule has 0 fully saturated rings. The number of ketones is 1. The summed E-state index contributed by atoms with van der Waals surface area (Å²) >= 11 is 0. The van der Waals surface area contributed by atoms with E-state index in [0.29, 0.717) is 12.8 Å². The van der Waals surface area contributed by atoms with E-state index in [4.69, 9.17) is 0 Å². The first-order chi connectivity index (χ1) is 11.2. The quantitative estimate of drug-likeness (QED) is 0.210. The van der Waals surface area contributed by atoms with Crippen LogP contribution in [0.25, 0.3) is 0 Å². The lowest BCUT2D eigenvalue weighted by Crippen LogP contribution is -2.21. The molecule has 0 heterocycles. The SMILES string of the molecule is CCCCCC(=O)/C=C/C=C\C/C=C\C/C=C\CCCC(=O)[O-]. The van der Waals surface area contributed by atoms with E-state index in [1.165, 1.54) is 0 Å². The Labute approximate surface area is 140 Å². The molecule has 0 radical (unpaired) electrons. The van der Waals surface area contributed by atoms with Crippen molar-refractivity contribution in [1.29, 1.82) is 0 Å². The molecule has 0 aliphatic carbocycles. The molecule has 128 valence electrons. The van der Waals surface area contributed by atoms with Gasteiger partial charge in [-0.1, -0.05) is 62.3 Å². The summed E-state index contributed by atoms with van der Waals surface area (Å²) in [5.41, 5.74) is 0. The number of carbonyl (C=O) groups is 2. The Hall–Kier alpha value is -1.90. The molecule has 3 heteroatoms. The summed E-state index contributed by atoms with van der Waals surface area (Å²) in [6.07, 6.45) is 22.6. The fourth-order valence-corrected chi connectivity index (χ4v) is 1.88. The van der Waals surface area contributed by atoms with Crippen molar-refractivity contribution in [3.8, 4) is 0 Å². The monoisotopic (exact) mass is 317 g/mol. The summed E-state index contributed by atoms with van der Waals surface area (Å²) in [5, 5.41) is 10.2. The van der Waals surface area contributed by atoms with E-state index in [2.05, 4.69) is 19.1 Å². The zero-order valence-corrected chi connectivity index (χ0v) is 14.2. The summed E-state index contributed by atoms with van der Waals surface area (Å²) in [5.74, 6) is -0.788. The maximum Gasteiger partial charge on any atom is 0.155 e. The van der Waals surface area contributed by atoms with Crippen molar-refractivity contribution in [2.24, 2.45) is 0 Å². The molecular weight excluding hydrogens is 288 g/mol. The maximum atomic E-state index is 11.5. The first-order valence-corrected chi connectivity index (χ1v) is 8.52. The highest BCUT2D eigenvalue weighted by Crippen LogP contribution is 2.00. The van der Waals surface area contributed by atoms with Crippen molar-refractivity contribution < 1.29 is 14.7 Å². The number of rotatable bonds is 14. The van der Waals surface area contributed by atoms with Gasteiger partial charge < -0.3 is 9.90 Å². The first-order valence-electron chi connectivity index (χ1n) is 8.52. The highest BCUT2D eigenvalue weighted by Gasteiger charge is 1.94. The second-order valence-corrected chi connectivity index (χ2v) is 5.39. The van der Waals surface area contributed by atoms with Gasteiger partial charge in [-0.15, -0.1) is 0 Å². The van der Waals surface area contributed by atoms with Gasteiger partial charge >= 0.3 is 0 Å². The molecule has 0 aliphatic rings. The Bertz CT molecular complexity index is 428. The van der Waals surface area contributed by atoms with Crippen LogP contribution in [0.5, 0.6) is 0 Å². The van der Waals surface area contributed by atoms with E-state index in [0.717, 1.165) is 38.5 Å². The second-order valence-electron chi connectivity index (χ2n) is 5.39. The van der Waals surface area contributed by atoms with Gasteiger partial charge in [-0.3, -0.25) is 4.79 Å². The summed E-state index contributed by atoms with van der Waals surface area (Å²) in [6.45, 7) is 2.13. The Kier molecular flexibility index (Phi) is 15.1. The third-order valence-corrected chi connectivity index (χ3v) is 3.19. The van der Waals surface area contributed by atoms with Crippen LogP contribution in [-0.4, -0.2) is 11.8 Å². The molecule has 0 saturated heterocycles. The molecule has 0 bridgehead atoms. The van der Waals surface area contributed by atoms with Gasteiger partial charge in [0, 0.05) is 12.4 Å². The average molecular weight is 317 g/mol. The number of aliphatic carboxylic acids is 1. The molecule has 0 spiro atoms. The molecule has 0 aromatic rings. The Morgan fingerprint density at radius 3 is 2.22 bits per heavy atom. The van der Waals surface area contributed by atoms with Gasteiger partial charge in [0.25, 0.3) is 0 Å². The van der Waals surface area contributed by atoms with E-state index in [-0.39, 0.29) is 12.2 Å². The molecule has 0 aromatic heterocycles. The average Bonchev–Trinajstić information content (AvgIpc) is 2.51. The fourth-order valence-electron chi connectivity index (χ4n) is 1.88. The fraction of sp³-hybridized carbons (Fsp3) is 0.500. The van der Waals surface area contributed by atoms with Crippen LogP contribution in [0.4, 0.5) is 0 Å². The smallest absolute Gasteiger partial charge is 0.155 e. The topological polar surface area (TPSA) is 57.2 Å². The summed E-state index contributed by atoms with van der Waals surface area (Å²) < 4.78 is 0. The standard InChI is InChI=1S/C20H30O3/c1-2-3-13-16-19(21)17-14-11-9-7-5-4-6-8-10-12-15-18-20(22)23/h4-5,8-11,14,17H,2-3,6-7,12-13,15-16,18H2,1H3,(H,22,23)/p-1/b5-4-,10-8-,11-9-,17-14+. The third-order valence-electron chi connectivity index (χ3n) is 3.19. The van der Waals surface area contributed by atoms with Gasteiger partial charge in [0.15, 0.2) is 5.78 Å². The predicted molar refractivity (Wildman–Crippen MR) is 93.8 cm³/mol. The third kappa shape index (κ3) is 18.1. The first kappa shape index (κ1) is 21.1. The van der Waals surface area contributed by atoms with E-state index < -0.39 is 5.97 Å². The van der Waals surface area contributed by atoms with Gasteiger partial charge in [0.1, 0.15) is 0 Å². The highest BCUT2D eigenvalue weighted by atomic mass is 16.4. The molecule has 0 aliphatic heterocycles. The molecule has 3 nitrogen and oxygen atoms in total. The highest BCUT2D eigenvalue weighted by molar-refractivity contribution is 5.89. The Morgan fingerprint density at radius 1 is 0.826 bits per heavy atom. The van der Waals surface area contributed by atoms with Gasteiger partial charge in [-0.25, -0.2) is 0 Å². The number of unbranched alkanes of at least 4 members (excludes halogenated alkanes) is 3. The summed E-state index contributed by atoms with van der Waals surface area (Å²) in [4.78, 5) is 21.7. The van der Waals surface area contributed by atoms with Crippen LogP contribution in [0.3, 0.4) is 0 Å². The predicted octanol–water partition coefficient (Wildman–Crippen LogP) is 4.06.